The summed E-state index contributed by atoms with van der Waals surface area (Å²) in [6.45, 7) is 3.54. The number of Topliss-reactive ketones (excluding diaryl/α,β-unsaturated/α-hetero) is 1. The van der Waals surface area contributed by atoms with E-state index >= 15 is 0 Å². The molecule has 0 saturated carbocycles. The molecule has 5 rings (SSSR count). The quantitative estimate of drug-likeness (QED) is 0.724. The van der Waals surface area contributed by atoms with Crippen molar-refractivity contribution in [2.24, 2.45) is 0 Å². The first-order chi connectivity index (χ1) is 14.6. The van der Waals surface area contributed by atoms with E-state index in [1.807, 2.05) is 24.3 Å². The third kappa shape index (κ3) is 3.52. The highest BCUT2D eigenvalue weighted by Gasteiger charge is 2.36. The molecule has 0 radical (unpaired) electrons. The second-order valence-corrected chi connectivity index (χ2v) is 7.89. The molecular weight excluding hydrogens is 378 g/mol. The Kier molecular flexibility index (Phi) is 4.67. The van der Waals surface area contributed by atoms with Gasteiger partial charge in [0.15, 0.2) is 5.78 Å². The maximum absolute atomic E-state index is 11.3. The van der Waals surface area contributed by atoms with Crippen LogP contribution in [0.5, 0.6) is 5.75 Å². The van der Waals surface area contributed by atoms with Gasteiger partial charge in [0, 0.05) is 24.0 Å². The van der Waals surface area contributed by atoms with Crippen LogP contribution in [0.3, 0.4) is 0 Å². The smallest absolute Gasteiger partial charge is 0.204 e. The minimum absolute atomic E-state index is 0.00809. The number of hydrogen-bond acceptors (Lipinski definition) is 6. The second-order valence-electron chi connectivity index (χ2n) is 7.89. The monoisotopic (exact) mass is 401 g/mol. The summed E-state index contributed by atoms with van der Waals surface area (Å²) in [5.74, 6) is 1.44. The number of piperidine rings is 1. The van der Waals surface area contributed by atoms with Crippen LogP contribution < -0.4 is 10.1 Å². The van der Waals surface area contributed by atoms with Crippen LogP contribution in [0.25, 0.3) is 17.0 Å². The number of carbonyl (C=O) groups is 1. The van der Waals surface area contributed by atoms with E-state index in [4.69, 9.17) is 4.74 Å². The summed E-state index contributed by atoms with van der Waals surface area (Å²) in [5.41, 5.74) is 4.04. The molecule has 7 heteroatoms. The fraction of sp³-hybridized carbons (Fsp3) is 0.304. The maximum Gasteiger partial charge on any atom is 0.204 e. The van der Waals surface area contributed by atoms with E-state index in [2.05, 4.69) is 51.1 Å². The van der Waals surface area contributed by atoms with Crippen LogP contribution in [0.15, 0.2) is 54.6 Å². The lowest BCUT2D eigenvalue weighted by molar-refractivity contribution is -0.117. The number of benzene rings is 2. The summed E-state index contributed by atoms with van der Waals surface area (Å²) < 4.78 is 6.46. The first-order valence-electron chi connectivity index (χ1n) is 10.2. The summed E-state index contributed by atoms with van der Waals surface area (Å²) in [5, 5.41) is 15.7. The molecule has 2 aliphatic rings. The molecule has 1 spiro atoms. The molecule has 0 aliphatic carbocycles. The van der Waals surface area contributed by atoms with E-state index in [0.717, 1.165) is 48.4 Å². The lowest BCUT2D eigenvalue weighted by Gasteiger charge is -2.40. The molecule has 30 heavy (non-hydrogen) atoms. The van der Waals surface area contributed by atoms with Crippen molar-refractivity contribution in [2.45, 2.75) is 31.9 Å². The van der Waals surface area contributed by atoms with Gasteiger partial charge in [0.25, 0.3) is 0 Å². The number of ether oxygens (including phenoxy) is 1. The number of hydrogen-bond donors (Lipinski definition) is 1. The summed E-state index contributed by atoms with van der Waals surface area (Å²) in [6, 6.07) is 16.4. The zero-order chi connectivity index (χ0) is 20.6. The van der Waals surface area contributed by atoms with Crippen molar-refractivity contribution < 1.29 is 9.53 Å². The molecule has 0 atom stereocenters. The third-order valence-corrected chi connectivity index (χ3v) is 5.62. The highest BCUT2D eigenvalue weighted by molar-refractivity contribution is 5.85. The molecule has 152 valence electrons. The molecule has 3 aromatic rings. The van der Waals surface area contributed by atoms with Crippen molar-refractivity contribution in [3.63, 3.8) is 0 Å². The Bertz CT molecular complexity index is 1110. The van der Waals surface area contributed by atoms with Crippen molar-refractivity contribution in [2.75, 3.05) is 13.1 Å². The van der Waals surface area contributed by atoms with Crippen molar-refractivity contribution >= 4 is 11.4 Å². The molecule has 2 aromatic carbocycles. The minimum Gasteiger partial charge on any atom is -0.482 e. The van der Waals surface area contributed by atoms with Gasteiger partial charge < -0.3 is 10.1 Å². The van der Waals surface area contributed by atoms with E-state index in [9.17, 15) is 4.79 Å². The second kappa shape index (κ2) is 7.50. The lowest BCUT2D eigenvalue weighted by atomic mass is 9.83. The predicted molar refractivity (Wildman–Crippen MR) is 113 cm³/mol. The van der Waals surface area contributed by atoms with Crippen molar-refractivity contribution in [1.29, 1.82) is 0 Å². The molecular formula is C23H23N5O2. The van der Waals surface area contributed by atoms with Crippen LogP contribution in [0.2, 0.25) is 0 Å². The molecule has 1 N–H and O–H groups in total. The largest absolute Gasteiger partial charge is 0.482 e. The van der Waals surface area contributed by atoms with E-state index in [1.54, 1.807) is 0 Å². The van der Waals surface area contributed by atoms with Gasteiger partial charge in [-0.05, 0) is 48.5 Å². The number of fused-ring (bicyclic) bond motifs is 1. The molecule has 1 aromatic heterocycles. The average Bonchev–Trinajstić information content (AvgIpc) is 3.21. The van der Waals surface area contributed by atoms with Gasteiger partial charge in [0.1, 0.15) is 17.9 Å². The van der Waals surface area contributed by atoms with E-state index in [1.165, 1.54) is 17.3 Å². The van der Waals surface area contributed by atoms with Crippen molar-refractivity contribution in [3.05, 3.63) is 65.7 Å². The van der Waals surface area contributed by atoms with Crippen molar-refractivity contribution in [3.8, 4) is 17.1 Å². The Morgan fingerprint density at radius 2 is 1.83 bits per heavy atom. The van der Waals surface area contributed by atoms with Gasteiger partial charge in [0.05, 0.1) is 0 Å². The Morgan fingerprint density at radius 1 is 1.10 bits per heavy atom. The lowest BCUT2D eigenvalue weighted by Crippen LogP contribution is -2.46. The minimum atomic E-state index is -0.259. The zero-order valence-electron chi connectivity index (χ0n) is 16.8. The Morgan fingerprint density at radius 3 is 2.60 bits per heavy atom. The van der Waals surface area contributed by atoms with Crippen LogP contribution in [0, 0.1) is 0 Å². The SMILES string of the molecule is CC(=O)Cn1nnc(-c2ccc(C3=CC4(CCNCC4)Oc4ccccc43)cc2)n1. The van der Waals surface area contributed by atoms with Crippen LogP contribution in [-0.2, 0) is 11.3 Å². The predicted octanol–water partition coefficient (Wildman–Crippen LogP) is 2.88. The highest BCUT2D eigenvalue weighted by atomic mass is 16.5. The average molecular weight is 401 g/mol. The fourth-order valence-electron chi connectivity index (χ4n) is 4.13. The highest BCUT2D eigenvalue weighted by Crippen LogP contribution is 2.42. The van der Waals surface area contributed by atoms with Gasteiger partial charge in [-0.1, -0.05) is 42.5 Å². The van der Waals surface area contributed by atoms with E-state index in [-0.39, 0.29) is 17.9 Å². The standard InChI is InChI=1S/C23H23N5O2/c1-16(29)15-28-26-22(25-27-28)18-8-6-17(7-9-18)20-14-23(10-12-24-13-11-23)30-21-5-3-2-4-19(20)21/h2-9,14,24H,10-13,15H2,1H3. The fourth-order valence-corrected chi connectivity index (χ4v) is 4.13. The zero-order valence-corrected chi connectivity index (χ0v) is 16.8. The van der Waals surface area contributed by atoms with E-state index < -0.39 is 0 Å². The normalized spacial score (nSPS) is 17.2. The number of rotatable bonds is 4. The molecule has 0 bridgehead atoms. The number of nitrogens with one attached hydrogen (secondary N) is 1. The van der Waals surface area contributed by atoms with Crippen molar-refractivity contribution in [1.82, 2.24) is 25.5 Å². The van der Waals surface area contributed by atoms with E-state index in [0.29, 0.717) is 5.82 Å². The number of para-hydroxylation sites is 1. The first-order valence-corrected chi connectivity index (χ1v) is 10.2. The molecule has 1 saturated heterocycles. The van der Waals surface area contributed by atoms with Gasteiger partial charge in [-0.25, -0.2) is 0 Å². The number of nitrogens with zero attached hydrogens (tertiary/aromatic N) is 4. The Balaban J connectivity index is 1.49. The first kappa shape index (κ1) is 18.7. The molecule has 2 aliphatic heterocycles. The molecule has 0 unspecified atom stereocenters. The number of tetrazole rings is 1. The van der Waals surface area contributed by atoms with Crippen LogP contribution in [0.4, 0.5) is 0 Å². The number of carbonyl (C=O) groups excluding carboxylic acids is 1. The van der Waals surface area contributed by atoms with Gasteiger partial charge >= 0.3 is 0 Å². The Labute approximate surface area is 174 Å². The van der Waals surface area contributed by atoms with Crippen LogP contribution in [-0.4, -0.2) is 44.7 Å². The van der Waals surface area contributed by atoms with Crippen LogP contribution >= 0.6 is 0 Å². The molecule has 1 fully saturated rings. The van der Waals surface area contributed by atoms with Crippen LogP contribution in [0.1, 0.15) is 30.9 Å². The maximum atomic E-state index is 11.3. The summed E-state index contributed by atoms with van der Waals surface area (Å²) in [7, 11) is 0. The number of ketones is 1. The van der Waals surface area contributed by atoms with Gasteiger partial charge in [-0.15, -0.1) is 10.2 Å². The molecule has 0 amide bonds. The summed E-state index contributed by atoms with van der Waals surface area (Å²) in [6.07, 6.45) is 4.20. The van der Waals surface area contributed by atoms with Gasteiger partial charge in [-0.2, -0.15) is 4.80 Å². The Hall–Kier alpha value is -3.32. The topological polar surface area (TPSA) is 81.9 Å². The third-order valence-electron chi connectivity index (χ3n) is 5.62. The van der Waals surface area contributed by atoms with Gasteiger partial charge in [-0.3, -0.25) is 4.79 Å². The number of aromatic nitrogens is 4. The van der Waals surface area contributed by atoms with Gasteiger partial charge in [0.2, 0.25) is 5.82 Å². The molecule has 3 heterocycles. The summed E-state index contributed by atoms with van der Waals surface area (Å²) >= 11 is 0. The molecule has 7 nitrogen and oxygen atoms in total. The summed E-state index contributed by atoms with van der Waals surface area (Å²) in [4.78, 5) is 12.6.